The van der Waals surface area contributed by atoms with Gasteiger partial charge >= 0.3 is 45.2 Å². The van der Waals surface area contributed by atoms with Crippen LogP contribution in [0, 0.1) is 0 Å². The average molecular weight is 400 g/mol. The first-order chi connectivity index (χ1) is 12.2. The molecule has 1 N–H and O–H groups in total. The SMILES string of the molecule is CCCCCCCC/C=C\CCCCCCCC(=O)O.C[CH2][Co][CH2]C. The van der Waals surface area contributed by atoms with Crippen LogP contribution in [0.25, 0.3) is 0 Å². The molecule has 3 heteroatoms. The van der Waals surface area contributed by atoms with Crippen molar-refractivity contribution in [3.05, 3.63) is 12.2 Å². The molecule has 2 nitrogen and oxygen atoms in total. The maximum absolute atomic E-state index is 10.3. The van der Waals surface area contributed by atoms with Crippen molar-refractivity contribution in [2.75, 3.05) is 0 Å². The Morgan fingerprint density at radius 3 is 1.56 bits per heavy atom. The predicted molar refractivity (Wildman–Crippen MR) is 108 cm³/mol. The van der Waals surface area contributed by atoms with E-state index in [0.717, 1.165) is 12.8 Å². The van der Waals surface area contributed by atoms with Gasteiger partial charge in [-0.3, -0.25) is 4.79 Å². The molecule has 0 spiro atoms. The van der Waals surface area contributed by atoms with E-state index in [1.54, 1.807) is 14.7 Å². The minimum absolute atomic E-state index is 0.332. The average Bonchev–Trinajstić information content (AvgIpc) is 2.59. The molecule has 0 rings (SSSR count). The third-order valence-corrected chi connectivity index (χ3v) is 5.03. The number of rotatable bonds is 17. The Morgan fingerprint density at radius 1 is 0.720 bits per heavy atom. The van der Waals surface area contributed by atoms with Gasteiger partial charge in [0.1, 0.15) is 0 Å². The van der Waals surface area contributed by atoms with Gasteiger partial charge in [0.25, 0.3) is 0 Å². The summed E-state index contributed by atoms with van der Waals surface area (Å²) in [5.41, 5.74) is 0. The van der Waals surface area contributed by atoms with Gasteiger partial charge in [0.05, 0.1) is 0 Å². The standard InChI is InChI=1S/C18H34O2.2C2H5.Co/c1-2-3-4-5-6-7-8-9-10-11-12-13-14-15-16-17-18(19)20;2*1-2;/h9-10H,2-8,11-17H2,1H3,(H,19,20);2*1H2,2H3;/b10-9-;;;. The quantitative estimate of drug-likeness (QED) is 0.198. The molecule has 0 unspecified atom stereocenters. The summed E-state index contributed by atoms with van der Waals surface area (Å²) < 4.78 is 0. The Labute approximate surface area is 164 Å². The van der Waals surface area contributed by atoms with Gasteiger partial charge in [-0.05, 0) is 32.1 Å². The molecule has 0 fully saturated rings. The molecule has 25 heavy (non-hydrogen) atoms. The third kappa shape index (κ3) is 31.9. The summed E-state index contributed by atoms with van der Waals surface area (Å²) in [5, 5.41) is 11.1. The van der Waals surface area contributed by atoms with Crippen molar-refractivity contribution in [3.8, 4) is 0 Å². The van der Waals surface area contributed by atoms with Crippen LogP contribution in [0.3, 0.4) is 0 Å². The summed E-state index contributed by atoms with van der Waals surface area (Å²) in [7, 11) is 0. The van der Waals surface area contributed by atoms with Crippen molar-refractivity contribution < 1.29 is 24.6 Å². The van der Waals surface area contributed by atoms with Gasteiger partial charge in [-0.1, -0.05) is 70.4 Å². The molecular formula is C22H44CoO2. The van der Waals surface area contributed by atoms with E-state index in [9.17, 15) is 4.79 Å². The zero-order chi connectivity index (χ0) is 19.0. The molecule has 0 amide bonds. The van der Waals surface area contributed by atoms with Crippen LogP contribution in [-0.4, -0.2) is 11.1 Å². The molecule has 0 aliphatic rings. The van der Waals surface area contributed by atoms with E-state index < -0.39 is 5.97 Å². The minimum atomic E-state index is -0.664. The summed E-state index contributed by atoms with van der Waals surface area (Å²) in [6.45, 7) is 6.65. The third-order valence-electron chi connectivity index (χ3n) is 3.99. The van der Waals surface area contributed by atoms with Gasteiger partial charge < -0.3 is 5.11 Å². The van der Waals surface area contributed by atoms with Crippen LogP contribution < -0.4 is 0 Å². The molecular weight excluding hydrogens is 355 g/mol. The van der Waals surface area contributed by atoms with Gasteiger partial charge in [0.2, 0.25) is 0 Å². The number of carboxylic acid groups (broad SMARTS) is 1. The monoisotopic (exact) mass is 399 g/mol. The summed E-state index contributed by atoms with van der Waals surface area (Å²) in [6.07, 6.45) is 21.2. The Hall–Kier alpha value is -0.284. The fourth-order valence-corrected chi connectivity index (χ4v) is 3.03. The molecule has 153 valence electrons. The van der Waals surface area contributed by atoms with E-state index >= 15 is 0 Å². The molecule has 0 radical (unpaired) electrons. The topological polar surface area (TPSA) is 37.3 Å². The second kappa shape index (κ2) is 26.0. The Balaban J connectivity index is 0. The first-order valence-corrected chi connectivity index (χ1v) is 12.0. The fraction of sp³-hybridized carbons (Fsp3) is 0.864. The fourth-order valence-electron chi connectivity index (χ4n) is 2.51. The number of carbonyl (C=O) groups is 1. The van der Waals surface area contributed by atoms with Crippen LogP contribution in [0.2, 0.25) is 10.7 Å². The van der Waals surface area contributed by atoms with Gasteiger partial charge in [-0.2, -0.15) is 0 Å². The number of allylic oxidation sites excluding steroid dienone is 2. The van der Waals surface area contributed by atoms with Crippen LogP contribution in [-0.2, 0) is 19.5 Å². The van der Waals surface area contributed by atoms with E-state index in [4.69, 9.17) is 5.11 Å². The maximum atomic E-state index is 10.3. The van der Waals surface area contributed by atoms with Crippen molar-refractivity contribution >= 4 is 5.97 Å². The van der Waals surface area contributed by atoms with Crippen molar-refractivity contribution in [2.45, 2.75) is 121 Å². The van der Waals surface area contributed by atoms with Gasteiger partial charge in [-0.15, -0.1) is 0 Å². The van der Waals surface area contributed by atoms with E-state index in [1.807, 2.05) is 0 Å². The van der Waals surface area contributed by atoms with E-state index in [1.165, 1.54) is 81.3 Å². The molecule has 0 saturated carbocycles. The van der Waals surface area contributed by atoms with Crippen molar-refractivity contribution in [1.29, 1.82) is 0 Å². The molecule has 0 aliphatic heterocycles. The van der Waals surface area contributed by atoms with Crippen LogP contribution in [0.5, 0.6) is 0 Å². The van der Waals surface area contributed by atoms with E-state index in [-0.39, 0.29) is 0 Å². The van der Waals surface area contributed by atoms with Crippen molar-refractivity contribution in [1.82, 2.24) is 0 Å². The number of aliphatic carboxylic acids is 1. The second-order valence-electron chi connectivity index (χ2n) is 6.37. The Kier molecular flexibility index (Phi) is 28.0. The van der Waals surface area contributed by atoms with Crippen LogP contribution in [0.15, 0.2) is 12.2 Å². The summed E-state index contributed by atoms with van der Waals surface area (Å²) >= 11 is 1.60. The van der Waals surface area contributed by atoms with E-state index in [0.29, 0.717) is 6.42 Å². The number of carboxylic acids is 1. The number of unbranched alkanes of at least 4 members (excludes halogenated alkanes) is 11. The molecule has 0 aromatic rings. The summed E-state index contributed by atoms with van der Waals surface area (Å²) in [4.78, 5) is 10.3. The van der Waals surface area contributed by atoms with E-state index in [2.05, 4.69) is 32.9 Å². The molecule has 0 aliphatic carbocycles. The summed E-state index contributed by atoms with van der Waals surface area (Å²) in [5.74, 6) is -0.664. The normalized spacial score (nSPS) is 10.8. The first kappa shape index (κ1) is 26.9. The van der Waals surface area contributed by atoms with Crippen molar-refractivity contribution in [3.63, 3.8) is 0 Å². The van der Waals surface area contributed by atoms with Crippen LogP contribution in [0.4, 0.5) is 0 Å². The molecule has 0 bridgehead atoms. The van der Waals surface area contributed by atoms with Gasteiger partial charge in [0, 0.05) is 6.42 Å². The number of hydrogen-bond acceptors (Lipinski definition) is 1. The molecule has 0 aromatic carbocycles. The predicted octanol–water partition coefficient (Wildman–Crippen LogP) is 8.05. The Morgan fingerprint density at radius 2 is 1.16 bits per heavy atom. The van der Waals surface area contributed by atoms with Crippen LogP contribution >= 0.6 is 0 Å². The van der Waals surface area contributed by atoms with Gasteiger partial charge in [-0.25, -0.2) is 0 Å². The van der Waals surface area contributed by atoms with Gasteiger partial charge in [0.15, 0.2) is 0 Å². The molecule has 0 heterocycles. The van der Waals surface area contributed by atoms with Crippen LogP contribution in [0.1, 0.15) is 111 Å². The molecule has 0 saturated heterocycles. The first-order valence-electron chi connectivity index (χ1n) is 10.5. The Bertz CT molecular complexity index is 275. The summed E-state index contributed by atoms with van der Waals surface area (Å²) in [6, 6.07) is 0. The molecule has 0 aromatic heterocycles. The molecule has 0 atom stereocenters. The second-order valence-corrected chi connectivity index (χ2v) is 8.36. The zero-order valence-corrected chi connectivity index (χ0v) is 18.2. The zero-order valence-electron chi connectivity index (χ0n) is 17.2. The van der Waals surface area contributed by atoms with Crippen molar-refractivity contribution in [2.24, 2.45) is 0 Å². The number of hydrogen-bond donors (Lipinski definition) is 1.